The van der Waals surface area contributed by atoms with Crippen molar-refractivity contribution in [3.8, 4) is 15.4 Å². The van der Waals surface area contributed by atoms with Crippen LogP contribution >= 0.6 is 39.0 Å². The topological polar surface area (TPSA) is 71.2 Å². The molecular formula is C17H15BrFN3O2S2. The van der Waals surface area contributed by atoms with Crippen LogP contribution < -0.4 is 0 Å². The summed E-state index contributed by atoms with van der Waals surface area (Å²) < 4.78 is 15.8. The Hall–Kier alpha value is -1.26. The highest BCUT2D eigenvalue weighted by Gasteiger charge is 2.27. The van der Waals surface area contributed by atoms with E-state index in [1.54, 1.807) is 11.3 Å². The number of hydrogen-bond acceptors (Lipinski definition) is 6. The molecule has 0 atom stereocenters. The Bertz CT molecular complexity index is 940. The van der Waals surface area contributed by atoms with Gasteiger partial charge in [0.15, 0.2) is 11.4 Å². The van der Waals surface area contributed by atoms with Crippen molar-refractivity contribution in [3.05, 3.63) is 45.9 Å². The highest BCUT2D eigenvalue weighted by Crippen LogP contribution is 2.45. The molecule has 0 fully saturated rings. The second-order valence-corrected chi connectivity index (χ2v) is 8.63. The molecular weight excluding hydrogens is 441 g/mol. The number of benzene rings is 1. The van der Waals surface area contributed by atoms with Gasteiger partial charge in [-0.3, -0.25) is 4.57 Å². The number of aliphatic hydroxyl groups excluding tert-OH is 1. The van der Waals surface area contributed by atoms with Gasteiger partial charge in [0, 0.05) is 4.88 Å². The molecule has 2 N–H and O–H groups in total. The SMILES string of the molecule is OC(O)CSc1nnc(Br)n1-c1sc(-c2ccc(F)cc2)c2c1CCC2. The van der Waals surface area contributed by atoms with Gasteiger partial charge in [0.2, 0.25) is 4.73 Å². The molecule has 4 rings (SSSR count). The molecule has 0 bridgehead atoms. The highest BCUT2D eigenvalue weighted by atomic mass is 79.9. The van der Waals surface area contributed by atoms with Crippen molar-refractivity contribution in [2.45, 2.75) is 30.7 Å². The van der Waals surface area contributed by atoms with Crippen LogP contribution in [0.25, 0.3) is 15.4 Å². The largest absolute Gasteiger partial charge is 0.367 e. The standard InChI is InChI=1S/C17H15BrFN3O2S2/c18-16-20-21-17(25-8-13(23)24)22(16)15-12-3-1-2-11(12)14(26-15)9-4-6-10(19)7-5-9/h4-7,13,23-24H,1-3,8H2. The van der Waals surface area contributed by atoms with Crippen LogP contribution in [0, 0.1) is 5.82 Å². The van der Waals surface area contributed by atoms with Crippen molar-refractivity contribution in [1.29, 1.82) is 0 Å². The van der Waals surface area contributed by atoms with E-state index in [9.17, 15) is 4.39 Å². The molecule has 0 spiro atoms. The van der Waals surface area contributed by atoms with E-state index in [2.05, 4.69) is 26.1 Å². The van der Waals surface area contributed by atoms with E-state index in [-0.39, 0.29) is 11.6 Å². The Morgan fingerprint density at radius 2 is 1.92 bits per heavy atom. The average Bonchev–Trinajstić information content (AvgIpc) is 3.29. The van der Waals surface area contributed by atoms with Gasteiger partial charge in [0.25, 0.3) is 0 Å². The Kier molecular flexibility index (Phi) is 5.15. The molecule has 2 aromatic heterocycles. The van der Waals surface area contributed by atoms with Crippen molar-refractivity contribution in [2.24, 2.45) is 0 Å². The first-order valence-electron chi connectivity index (χ1n) is 8.05. The summed E-state index contributed by atoms with van der Waals surface area (Å²) in [6.45, 7) is 0. The number of hydrogen-bond donors (Lipinski definition) is 2. The average molecular weight is 456 g/mol. The summed E-state index contributed by atoms with van der Waals surface area (Å²) in [7, 11) is 0. The number of thiophene rings is 1. The van der Waals surface area contributed by atoms with Crippen LogP contribution in [0.2, 0.25) is 0 Å². The predicted molar refractivity (Wildman–Crippen MR) is 103 cm³/mol. The van der Waals surface area contributed by atoms with Crippen LogP contribution in [0.5, 0.6) is 0 Å². The van der Waals surface area contributed by atoms with Crippen molar-refractivity contribution in [3.63, 3.8) is 0 Å². The number of aliphatic hydroxyl groups is 2. The lowest BCUT2D eigenvalue weighted by Gasteiger charge is -2.08. The maximum Gasteiger partial charge on any atom is 0.206 e. The lowest BCUT2D eigenvalue weighted by atomic mass is 10.1. The summed E-state index contributed by atoms with van der Waals surface area (Å²) in [4.78, 5) is 1.14. The first-order chi connectivity index (χ1) is 12.5. The van der Waals surface area contributed by atoms with Crippen LogP contribution in [0.1, 0.15) is 17.5 Å². The number of halogens is 2. The van der Waals surface area contributed by atoms with Crippen molar-refractivity contribution in [1.82, 2.24) is 14.8 Å². The fraction of sp³-hybridized carbons (Fsp3) is 0.294. The molecule has 0 amide bonds. The second kappa shape index (κ2) is 7.40. The molecule has 26 heavy (non-hydrogen) atoms. The lowest BCUT2D eigenvalue weighted by Crippen LogP contribution is -2.08. The minimum atomic E-state index is -1.41. The van der Waals surface area contributed by atoms with Gasteiger partial charge >= 0.3 is 0 Å². The monoisotopic (exact) mass is 455 g/mol. The van der Waals surface area contributed by atoms with Crippen LogP contribution in [-0.4, -0.2) is 37.0 Å². The molecule has 9 heteroatoms. The minimum Gasteiger partial charge on any atom is -0.367 e. The Morgan fingerprint density at radius 1 is 1.19 bits per heavy atom. The predicted octanol–water partition coefficient (Wildman–Crippen LogP) is 3.79. The first-order valence-corrected chi connectivity index (χ1v) is 10.6. The maximum atomic E-state index is 13.3. The van der Waals surface area contributed by atoms with Gasteiger partial charge in [0.05, 0.1) is 5.75 Å². The third-order valence-electron chi connectivity index (χ3n) is 4.21. The first kappa shape index (κ1) is 18.1. The second-order valence-electron chi connectivity index (χ2n) is 5.93. The van der Waals surface area contributed by atoms with E-state index in [1.165, 1.54) is 35.0 Å². The number of nitrogens with zero attached hydrogens (tertiary/aromatic N) is 3. The quantitative estimate of drug-likeness (QED) is 0.452. The summed E-state index contributed by atoms with van der Waals surface area (Å²) in [5.74, 6) is -0.131. The van der Waals surface area contributed by atoms with Crippen LogP contribution in [0.4, 0.5) is 4.39 Å². The summed E-state index contributed by atoms with van der Waals surface area (Å²) in [5, 5.41) is 28.2. The van der Waals surface area contributed by atoms with Gasteiger partial charge in [-0.05, 0) is 64.0 Å². The molecule has 1 aliphatic rings. The lowest BCUT2D eigenvalue weighted by molar-refractivity contribution is -0.0186. The number of fused-ring (bicyclic) bond motifs is 1. The van der Waals surface area contributed by atoms with Crippen LogP contribution in [0.3, 0.4) is 0 Å². The molecule has 0 unspecified atom stereocenters. The van der Waals surface area contributed by atoms with E-state index in [0.717, 1.165) is 34.7 Å². The molecule has 3 aromatic rings. The van der Waals surface area contributed by atoms with Crippen molar-refractivity contribution >= 4 is 39.0 Å². The van der Waals surface area contributed by atoms with Crippen molar-refractivity contribution in [2.75, 3.05) is 5.75 Å². The molecule has 0 radical (unpaired) electrons. The fourth-order valence-electron chi connectivity index (χ4n) is 3.13. The van der Waals surface area contributed by atoms with Crippen molar-refractivity contribution < 1.29 is 14.6 Å². The van der Waals surface area contributed by atoms with E-state index in [4.69, 9.17) is 10.2 Å². The van der Waals surface area contributed by atoms with Gasteiger partial charge in [0.1, 0.15) is 10.8 Å². The zero-order valence-electron chi connectivity index (χ0n) is 13.5. The van der Waals surface area contributed by atoms with Gasteiger partial charge < -0.3 is 10.2 Å². The third-order valence-corrected chi connectivity index (χ3v) is 7.02. The van der Waals surface area contributed by atoms with E-state index >= 15 is 0 Å². The Morgan fingerprint density at radius 3 is 2.65 bits per heavy atom. The molecule has 0 saturated heterocycles. The zero-order chi connectivity index (χ0) is 18.3. The maximum absolute atomic E-state index is 13.3. The number of thioether (sulfide) groups is 1. The summed E-state index contributed by atoms with van der Waals surface area (Å²) in [5.41, 5.74) is 3.57. The van der Waals surface area contributed by atoms with Gasteiger partial charge in [-0.2, -0.15) is 0 Å². The molecule has 0 aliphatic heterocycles. The van der Waals surface area contributed by atoms with Gasteiger partial charge in [-0.1, -0.05) is 23.9 Å². The summed E-state index contributed by atoms with van der Waals surface area (Å²) in [6, 6.07) is 6.58. The van der Waals surface area contributed by atoms with E-state index < -0.39 is 6.29 Å². The molecule has 1 aromatic carbocycles. The van der Waals surface area contributed by atoms with Crippen LogP contribution in [0.15, 0.2) is 34.2 Å². The Balaban J connectivity index is 1.80. The number of rotatable bonds is 5. The zero-order valence-corrected chi connectivity index (χ0v) is 16.7. The fourth-order valence-corrected chi connectivity index (χ4v) is 5.96. The van der Waals surface area contributed by atoms with Gasteiger partial charge in [-0.15, -0.1) is 21.5 Å². The highest BCUT2D eigenvalue weighted by molar-refractivity contribution is 9.10. The minimum absolute atomic E-state index is 0.115. The van der Waals surface area contributed by atoms with E-state index in [1.807, 2.05) is 16.7 Å². The number of aromatic nitrogens is 3. The molecule has 5 nitrogen and oxygen atoms in total. The molecule has 2 heterocycles. The summed E-state index contributed by atoms with van der Waals surface area (Å²) >= 11 is 6.33. The van der Waals surface area contributed by atoms with E-state index in [0.29, 0.717) is 9.89 Å². The molecule has 136 valence electrons. The summed E-state index contributed by atoms with van der Waals surface area (Å²) in [6.07, 6.45) is 1.64. The molecule has 0 saturated carbocycles. The Labute approximate surface area is 166 Å². The smallest absolute Gasteiger partial charge is 0.206 e. The molecule has 1 aliphatic carbocycles. The third kappa shape index (κ3) is 3.34. The normalized spacial score (nSPS) is 13.6. The van der Waals surface area contributed by atoms with Gasteiger partial charge in [-0.25, -0.2) is 4.39 Å². The van der Waals surface area contributed by atoms with Crippen LogP contribution in [-0.2, 0) is 12.8 Å².